The van der Waals surface area contributed by atoms with Crippen molar-refractivity contribution in [3.05, 3.63) is 0 Å². The molecule has 0 heterocycles. The third kappa shape index (κ3) is 2.66. The number of halogens is 3. The molecule has 0 aromatic rings. The van der Waals surface area contributed by atoms with E-state index in [0.29, 0.717) is 5.33 Å². The molecule has 1 rings (SSSR count). The molecule has 0 N–H and O–H groups in total. The van der Waals surface area contributed by atoms with Gasteiger partial charge in [-0.3, -0.25) is 0 Å². The molecule has 0 aliphatic heterocycles. The normalized spacial score (nSPS) is 22.0. The molecular weight excluding hydrogens is 230 g/mol. The molecule has 1 nitrogen and oxygen atoms in total. The van der Waals surface area contributed by atoms with Crippen LogP contribution < -0.4 is 0 Å². The zero-order chi connectivity index (χ0) is 9.03. The lowest BCUT2D eigenvalue weighted by atomic mass is 10.1. The SMILES string of the molecule is FC(F)COC1(CBr)CCCC1. The Kier molecular flexibility index (Phi) is 3.90. The summed E-state index contributed by atoms with van der Waals surface area (Å²) in [6.07, 6.45) is 1.65. The van der Waals surface area contributed by atoms with E-state index in [-0.39, 0.29) is 5.60 Å². The van der Waals surface area contributed by atoms with E-state index in [1.165, 1.54) is 0 Å². The highest BCUT2D eigenvalue weighted by Gasteiger charge is 2.34. The molecule has 1 aliphatic rings. The second kappa shape index (κ2) is 4.51. The molecule has 0 bridgehead atoms. The van der Waals surface area contributed by atoms with Gasteiger partial charge in [-0.2, -0.15) is 0 Å². The van der Waals surface area contributed by atoms with Crippen LogP contribution in [0.15, 0.2) is 0 Å². The van der Waals surface area contributed by atoms with Gasteiger partial charge in [0, 0.05) is 5.33 Å². The molecule has 0 amide bonds. The molecule has 0 spiro atoms. The van der Waals surface area contributed by atoms with Gasteiger partial charge >= 0.3 is 0 Å². The summed E-state index contributed by atoms with van der Waals surface area (Å²) in [6.45, 7) is -0.425. The van der Waals surface area contributed by atoms with Crippen LogP contribution in [-0.2, 0) is 4.74 Å². The molecule has 12 heavy (non-hydrogen) atoms. The molecule has 0 radical (unpaired) electrons. The summed E-state index contributed by atoms with van der Waals surface area (Å²) >= 11 is 3.31. The van der Waals surface area contributed by atoms with Gasteiger partial charge in [0.15, 0.2) is 0 Å². The van der Waals surface area contributed by atoms with Crippen LogP contribution in [0.25, 0.3) is 0 Å². The van der Waals surface area contributed by atoms with Crippen LogP contribution >= 0.6 is 15.9 Å². The first kappa shape index (κ1) is 10.4. The van der Waals surface area contributed by atoms with Crippen molar-refractivity contribution in [3.63, 3.8) is 0 Å². The highest BCUT2D eigenvalue weighted by Crippen LogP contribution is 2.34. The molecule has 0 atom stereocenters. The van der Waals surface area contributed by atoms with E-state index in [1.807, 2.05) is 0 Å². The van der Waals surface area contributed by atoms with Gasteiger partial charge in [0.1, 0.15) is 6.61 Å². The quantitative estimate of drug-likeness (QED) is 0.689. The Bertz CT molecular complexity index is 135. The minimum absolute atomic E-state index is 0.295. The fourth-order valence-electron chi connectivity index (χ4n) is 1.58. The largest absolute Gasteiger partial charge is 0.368 e. The highest BCUT2D eigenvalue weighted by atomic mass is 79.9. The van der Waals surface area contributed by atoms with Crippen LogP contribution in [0.2, 0.25) is 0 Å². The Hall–Kier alpha value is 0.300. The zero-order valence-corrected chi connectivity index (χ0v) is 8.45. The van der Waals surface area contributed by atoms with Gasteiger partial charge in [0.2, 0.25) is 0 Å². The van der Waals surface area contributed by atoms with Gasteiger partial charge in [0.05, 0.1) is 5.60 Å². The van der Waals surface area contributed by atoms with Crippen LogP contribution in [0.5, 0.6) is 0 Å². The van der Waals surface area contributed by atoms with E-state index >= 15 is 0 Å². The van der Waals surface area contributed by atoms with Crippen molar-refractivity contribution < 1.29 is 13.5 Å². The fraction of sp³-hybridized carbons (Fsp3) is 1.00. The summed E-state index contributed by atoms with van der Waals surface area (Å²) in [5.74, 6) is 0. The van der Waals surface area contributed by atoms with Gasteiger partial charge in [0.25, 0.3) is 6.43 Å². The third-order valence-electron chi connectivity index (χ3n) is 2.27. The molecule has 0 aromatic carbocycles. The minimum Gasteiger partial charge on any atom is -0.368 e. The van der Waals surface area contributed by atoms with Gasteiger partial charge in [-0.25, -0.2) is 8.78 Å². The maximum atomic E-state index is 11.9. The molecule has 1 saturated carbocycles. The Morgan fingerprint density at radius 1 is 1.33 bits per heavy atom. The van der Waals surface area contributed by atoms with Gasteiger partial charge in [-0.15, -0.1) is 0 Å². The molecule has 0 saturated heterocycles. The number of alkyl halides is 3. The molecular formula is C8H13BrF2O. The molecule has 1 aliphatic carbocycles. The van der Waals surface area contributed by atoms with E-state index in [0.717, 1.165) is 25.7 Å². The number of ether oxygens (including phenoxy) is 1. The van der Waals surface area contributed by atoms with Gasteiger partial charge in [-0.05, 0) is 12.8 Å². The average Bonchev–Trinajstić information content (AvgIpc) is 2.50. The van der Waals surface area contributed by atoms with Crippen molar-refractivity contribution in [2.24, 2.45) is 0 Å². The first-order valence-electron chi connectivity index (χ1n) is 4.17. The van der Waals surface area contributed by atoms with Crippen molar-refractivity contribution in [1.82, 2.24) is 0 Å². The van der Waals surface area contributed by atoms with Crippen LogP contribution in [0.3, 0.4) is 0 Å². The molecule has 4 heteroatoms. The van der Waals surface area contributed by atoms with Gasteiger partial charge < -0.3 is 4.74 Å². The number of hydrogen-bond donors (Lipinski definition) is 0. The predicted octanol–water partition coefficient (Wildman–Crippen LogP) is 2.98. The lowest BCUT2D eigenvalue weighted by molar-refractivity contribution is -0.0723. The van der Waals surface area contributed by atoms with Crippen molar-refractivity contribution in [2.45, 2.75) is 37.7 Å². The Balaban J connectivity index is 2.34. The smallest absolute Gasteiger partial charge is 0.261 e. The number of hydrogen-bond acceptors (Lipinski definition) is 1. The maximum absolute atomic E-state index is 11.9. The Morgan fingerprint density at radius 3 is 2.33 bits per heavy atom. The van der Waals surface area contributed by atoms with E-state index in [1.54, 1.807) is 0 Å². The van der Waals surface area contributed by atoms with E-state index in [2.05, 4.69) is 15.9 Å². The minimum atomic E-state index is -2.35. The van der Waals surface area contributed by atoms with Crippen LogP contribution in [0, 0.1) is 0 Å². The lowest BCUT2D eigenvalue weighted by Crippen LogP contribution is -2.32. The van der Waals surface area contributed by atoms with Crippen molar-refractivity contribution in [2.75, 3.05) is 11.9 Å². The Labute approximate surface area is 79.6 Å². The predicted molar refractivity (Wildman–Crippen MR) is 46.9 cm³/mol. The van der Waals surface area contributed by atoms with Crippen LogP contribution in [-0.4, -0.2) is 24.0 Å². The van der Waals surface area contributed by atoms with E-state index in [4.69, 9.17) is 4.74 Å². The summed E-state index contributed by atoms with van der Waals surface area (Å²) in [5, 5.41) is 0.673. The van der Waals surface area contributed by atoms with Crippen LogP contribution in [0.1, 0.15) is 25.7 Å². The highest BCUT2D eigenvalue weighted by molar-refractivity contribution is 9.09. The Morgan fingerprint density at radius 2 is 1.92 bits per heavy atom. The second-order valence-electron chi connectivity index (χ2n) is 3.23. The summed E-state index contributed by atoms with van der Waals surface area (Å²) < 4.78 is 28.9. The summed E-state index contributed by atoms with van der Waals surface area (Å²) in [5.41, 5.74) is -0.295. The first-order chi connectivity index (χ1) is 5.68. The monoisotopic (exact) mass is 242 g/mol. The first-order valence-corrected chi connectivity index (χ1v) is 5.29. The van der Waals surface area contributed by atoms with Gasteiger partial charge in [-0.1, -0.05) is 28.8 Å². The third-order valence-corrected chi connectivity index (χ3v) is 3.30. The summed E-state index contributed by atoms with van der Waals surface area (Å²) in [7, 11) is 0. The zero-order valence-electron chi connectivity index (χ0n) is 6.86. The van der Waals surface area contributed by atoms with Crippen molar-refractivity contribution >= 4 is 15.9 Å². The summed E-state index contributed by atoms with van der Waals surface area (Å²) in [6, 6.07) is 0. The fourth-order valence-corrected chi connectivity index (χ4v) is 2.30. The average molecular weight is 243 g/mol. The van der Waals surface area contributed by atoms with Crippen molar-refractivity contribution in [3.8, 4) is 0 Å². The van der Waals surface area contributed by atoms with E-state index < -0.39 is 13.0 Å². The van der Waals surface area contributed by atoms with E-state index in [9.17, 15) is 8.78 Å². The second-order valence-corrected chi connectivity index (χ2v) is 3.79. The van der Waals surface area contributed by atoms with Crippen molar-refractivity contribution in [1.29, 1.82) is 0 Å². The molecule has 0 aromatic heterocycles. The summed E-state index contributed by atoms with van der Waals surface area (Å²) in [4.78, 5) is 0. The number of rotatable bonds is 4. The standard InChI is InChI=1S/C8H13BrF2O/c9-6-8(3-1-2-4-8)12-5-7(10)11/h7H,1-6H2. The molecule has 1 fully saturated rings. The molecule has 72 valence electrons. The topological polar surface area (TPSA) is 9.23 Å². The maximum Gasteiger partial charge on any atom is 0.261 e. The molecule has 0 unspecified atom stereocenters. The van der Waals surface area contributed by atoms with Crippen LogP contribution in [0.4, 0.5) is 8.78 Å². The lowest BCUT2D eigenvalue weighted by Gasteiger charge is -2.26.